The van der Waals surface area contributed by atoms with Crippen molar-refractivity contribution in [1.29, 1.82) is 0 Å². The molecule has 1 amide bonds. The third kappa shape index (κ3) is 4.35. The predicted molar refractivity (Wildman–Crippen MR) is 101 cm³/mol. The Morgan fingerprint density at radius 3 is 2.69 bits per heavy atom. The van der Waals surface area contributed by atoms with Crippen molar-refractivity contribution in [1.82, 2.24) is 10.2 Å². The summed E-state index contributed by atoms with van der Waals surface area (Å²) in [6, 6.07) is 16.0. The fraction of sp³-hybridized carbons (Fsp3) is 0.381. The zero-order chi connectivity index (χ0) is 18.4. The van der Waals surface area contributed by atoms with E-state index >= 15 is 0 Å². The number of amides is 1. The molecule has 2 aromatic rings. The molecule has 26 heavy (non-hydrogen) atoms. The van der Waals surface area contributed by atoms with E-state index in [-0.39, 0.29) is 11.9 Å². The van der Waals surface area contributed by atoms with Crippen LogP contribution in [0.4, 0.5) is 0 Å². The van der Waals surface area contributed by atoms with E-state index in [1.54, 1.807) is 14.2 Å². The average molecular weight is 354 g/mol. The molecule has 3 rings (SSSR count). The summed E-state index contributed by atoms with van der Waals surface area (Å²) < 4.78 is 10.9. The van der Waals surface area contributed by atoms with Crippen LogP contribution in [0.25, 0.3) is 0 Å². The highest BCUT2D eigenvalue weighted by Crippen LogP contribution is 2.38. The van der Waals surface area contributed by atoms with E-state index in [4.69, 9.17) is 9.47 Å². The number of methoxy groups -OCH3 is 2. The summed E-state index contributed by atoms with van der Waals surface area (Å²) in [5.41, 5.74) is 2.19. The normalized spacial score (nSPS) is 17.1. The highest BCUT2D eigenvalue weighted by molar-refractivity contribution is 5.78. The number of ether oxygens (including phenoxy) is 2. The topological polar surface area (TPSA) is 50.8 Å². The molecule has 1 N–H and O–H groups in total. The van der Waals surface area contributed by atoms with Gasteiger partial charge in [0.1, 0.15) is 11.5 Å². The second kappa shape index (κ2) is 8.72. The third-order valence-corrected chi connectivity index (χ3v) is 4.84. The minimum absolute atomic E-state index is 0.0441. The second-order valence-electron chi connectivity index (χ2n) is 6.50. The second-order valence-corrected chi connectivity index (χ2v) is 6.50. The van der Waals surface area contributed by atoms with Crippen LogP contribution in [0.2, 0.25) is 0 Å². The van der Waals surface area contributed by atoms with Crippen molar-refractivity contribution in [3.8, 4) is 11.5 Å². The van der Waals surface area contributed by atoms with E-state index in [0.29, 0.717) is 13.1 Å². The molecule has 0 unspecified atom stereocenters. The van der Waals surface area contributed by atoms with Crippen LogP contribution < -0.4 is 14.8 Å². The van der Waals surface area contributed by atoms with Crippen LogP contribution in [-0.2, 0) is 11.3 Å². The first-order valence-corrected chi connectivity index (χ1v) is 8.98. The fourth-order valence-electron chi connectivity index (χ4n) is 3.50. The highest BCUT2D eigenvalue weighted by Gasteiger charge is 2.30. The van der Waals surface area contributed by atoms with Crippen molar-refractivity contribution in [3.63, 3.8) is 0 Å². The van der Waals surface area contributed by atoms with Gasteiger partial charge in [-0.3, -0.25) is 9.69 Å². The Morgan fingerprint density at radius 2 is 1.96 bits per heavy atom. The van der Waals surface area contributed by atoms with E-state index in [1.807, 2.05) is 48.5 Å². The maximum absolute atomic E-state index is 12.4. The Hall–Kier alpha value is -2.53. The van der Waals surface area contributed by atoms with Gasteiger partial charge >= 0.3 is 0 Å². The molecule has 138 valence electrons. The number of nitrogens with one attached hydrogen (secondary N) is 1. The molecule has 1 aliphatic rings. The minimum atomic E-state index is 0.0441. The lowest BCUT2D eigenvalue weighted by Crippen LogP contribution is -2.36. The number of hydrogen-bond donors (Lipinski definition) is 1. The molecular weight excluding hydrogens is 328 g/mol. The quantitative estimate of drug-likeness (QED) is 0.830. The van der Waals surface area contributed by atoms with Crippen LogP contribution in [0.1, 0.15) is 30.0 Å². The van der Waals surface area contributed by atoms with E-state index in [0.717, 1.165) is 42.0 Å². The van der Waals surface area contributed by atoms with E-state index in [2.05, 4.69) is 10.2 Å². The molecule has 5 nitrogen and oxygen atoms in total. The van der Waals surface area contributed by atoms with Gasteiger partial charge in [0.25, 0.3) is 0 Å². The first-order valence-electron chi connectivity index (χ1n) is 8.98. The standard InChI is InChI=1S/C21H26N2O3/c1-25-17-10-11-20(26-2)18(13-17)19-9-6-12-23(19)15-21(24)22-14-16-7-4-3-5-8-16/h3-5,7-8,10-11,13,19H,6,9,12,14-15H2,1-2H3,(H,22,24)/t19-/m0/s1. The van der Waals surface area contributed by atoms with Gasteiger partial charge in [-0.25, -0.2) is 0 Å². The van der Waals surface area contributed by atoms with Gasteiger partial charge in [0.2, 0.25) is 5.91 Å². The van der Waals surface area contributed by atoms with Gasteiger partial charge < -0.3 is 14.8 Å². The van der Waals surface area contributed by atoms with Gasteiger partial charge in [-0.1, -0.05) is 30.3 Å². The van der Waals surface area contributed by atoms with E-state index < -0.39 is 0 Å². The summed E-state index contributed by atoms with van der Waals surface area (Å²) in [7, 11) is 3.34. The van der Waals surface area contributed by atoms with Crippen molar-refractivity contribution >= 4 is 5.91 Å². The molecule has 0 saturated carbocycles. The number of benzene rings is 2. The number of hydrogen-bond acceptors (Lipinski definition) is 4. The van der Waals surface area contributed by atoms with Gasteiger partial charge in [0.15, 0.2) is 0 Å². The number of nitrogens with zero attached hydrogens (tertiary/aromatic N) is 1. The number of carbonyl (C=O) groups is 1. The Bertz CT molecular complexity index is 733. The van der Waals surface area contributed by atoms with Gasteiger partial charge in [-0.15, -0.1) is 0 Å². The molecule has 0 radical (unpaired) electrons. The van der Waals surface area contributed by atoms with Crippen LogP contribution in [0.15, 0.2) is 48.5 Å². The molecule has 5 heteroatoms. The molecule has 1 fully saturated rings. The highest BCUT2D eigenvalue weighted by atomic mass is 16.5. The summed E-state index contributed by atoms with van der Waals surface area (Å²) >= 11 is 0. The molecule has 1 aliphatic heterocycles. The van der Waals surface area contributed by atoms with Crippen molar-refractivity contribution in [2.45, 2.75) is 25.4 Å². The van der Waals surface area contributed by atoms with Crippen LogP contribution in [-0.4, -0.2) is 38.1 Å². The summed E-state index contributed by atoms with van der Waals surface area (Å²) in [5, 5.41) is 3.01. The zero-order valence-corrected chi connectivity index (χ0v) is 15.4. The van der Waals surface area contributed by atoms with E-state index in [1.165, 1.54) is 0 Å². The molecule has 0 spiro atoms. The van der Waals surface area contributed by atoms with Crippen LogP contribution >= 0.6 is 0 Å². The van der Waals surface area contributed by atoms with E-state index in [9.17, 15) is 4.79 Å². The monoisotopic (exact) mass is 354 g/mol. The van der Waals surface area contributed by atoms with Crippen molar-refractivity contribution in [3.05, 3.63) is 59.7 Å². The first kappa shape index (κ1) is 18.3. The SMILES string of the molecule is COc1ccc(OC)c([C@@H]2CCCN2CC(=O)NCc2ccccc2)c1. The summed E-state index contributed by atoms with van der Waals surface area (Å²) in [6.07, 6.45) is 2.08. The fourth-order valence-corrected chi connectivity index (χ4v) is 3.50. The molecule has 1 heterocycles. The maximum atomic E-state index is 12.4. The molecule has 1 atom stereocenters. The molecule has 0 bridgehead atoms. The Kier molecular flexibility index (Phi) is 6.12. The average Bonchev–Trinajstić information content (AvgIpc) is 3.14. The van der Waals surface area contributed by atoms with Crippen molar-refractivity contribution in [2.24, 2.45) is 0 Å². The number of rotatable bonds is 7. The minimum Gasteiger partial charge on any atom is -0.497 e. The number of carbonyl (C=O) groups excluding carboxylic acids is 1. The van der Waals surface area contributed by atoms with Gasteiger partial charge in [-0.05, 0) is 43.1 Å². The maximum Gasteiger partial charge on any atom is 0.234 e. The van der Waals surface area contributed by atoms with Gasteiger partial charge in [0, 0.05) is 18.2 Å². The number of likely N-dealkylation sites (tertiary alicyclic amines) is 1. The lowest BCUT2D eigenvalue weighted by Gasteiger charge is -2.26. The lowest BCUT2D eigenvalue weighted by molar-refractivity contribution is -0.122. The molecule has 2 aromatic carbocycles. The Labute approximate surface area is 154 Å². The Morgan fingerprint density at radius 1 is 1.15 bits per heavy atom. The third-order valence-electron chi connectivity index (χ3n) is 4.84. The summed E-state index contributed by atoms with van der Waals surface area (Å²) in [6.45, 7) is 1.85. The van der Waals surface area contributed by atoms with Crippen LogP contribution in [0, 0.1) is 0 Å². The molecule has 0 aliphatic carbocycles. The predicted octanol–water partition coefficient (Wildman–Crippen LogP) is 3.16. The smallest absolute Gasteiger partial charge is 0.234 e. The zero-order valence-electron chi connectivity index (χ0n) is 15.4. The molecule has 0 aromatic heterocycles. The van der Waals surface area contributed by atoms with Crippen LogP contribution in [0.5, 0.6) is 11.5 Å². The lowest BCUT2D eigenvalue weighted by atomic mass is 10.0. The van der Waals surface area contributed by atoms with Gasteiger partial charge in [-0.2, -0.15) is 0 Å². The summed E-state index contributed by atoms with van der Waals surface area (Å²) in [5.74, 6) is 1.69. The van der Waals surface area contributed by atoms with Crippen molar-refractivity contribution in [2.75, 3.05) is 27.3 Å². The first-order chi connectivity index (χ1) is 12.7. The largest absolute Gasteiger partial charge is 0.497 e. The van der Waals surface area contributed by atoms with Crippen LogP contribution in [0.3, 0.4) is 0 Å². The summed E-state index contributed by atoms with van der Waals surface area (Å²) in [4.78, 5) is 14.6. The molecular formula is C21H26N2O3. The molecule has 1 saturated heterocycles. The Balaban J connectivity index is 1.65. The van der Waals surface area contributed by atoms with Crippen molar-refractivity contribution < 1.29 is 14.3 Å². The van der Waals surface area contributed by atoms with Gasteiger partial charge in [0.05, 0.1) is 20.8 Å².